The van der Waals surface area contributed by atoms with Crippen molar-refractivity contribution in [2.45, 2.75) is 39.2 Å². The van der Waals surface area contributed by atoms with Gasteiger partial charge in [-0.15, -0.1) is 0 Å². The number of ether oxygens (including phenoxy) is 1. The van der Waals surface area contributed by atoms with Crippen molar-refractivity contribution in [2.75, 3.05) is 20.2 Å². The molecule has 0 atom stereocenters. The van der Waals surface area contributed by atoms with Crippen molar-refractivity contribution in [3.63, 3.8) is 0 Å². The highest BCUT2D eigenvalue weighted by atomic mass is 32.1. The molecule has 20 heavy (non-hydrogen) atoms. The Labute approximate surface area is 128 Å². The van der Waals surface area contributed by atoms with Crippen molar-refractivity contribution < 1.29 is 4.74 Å². The van der Waals surface area contributed by atoms with Crippen molar-refractivity contribution in [3.05, 3.63) is 29.8 Å². The van der Waals surface area contributed by atoms with Crippen LogP contribution in [0.1, 0.15) is 38.7 Å². The van der Waals surface area contributed by atoms with Crippen LogP contribution in [0.25, 0.3) is 0 Å². The Morgan fingerprint density at radius 1 is 1.30 bits per heavy atom. The predicted molar refractivity (Wildman–Crippen MR) is 89.4 cm³/mol. The molecular weight excluding hydrogens is 268 g/mol. The third-order valence-electron chi connectivity index (χ3n) is 3.63. The summed E-state index contributed by atoms with van der Waals surface area (Å²) in [5.74, 6) is 0.783. The highest BCUT2D eigenvalue weighted by molar-refractivity contribution is 7.80. The van der Waals surface area contributed by atoms with Gasteiger partial charge in [-0.05, 0) is 38.4 Å². The van der Waals surface area contributed by atoms with Crippen LogP contribution in [0.2, 0.25) is 0 Å². The lowest BCUT2D eigenvalue weighted by Crippen LogP contribution is -2.32. The maximum Gasteiger partial charge on any atom is 0.129 e. The largest absolute Gasteiger partial charge is 0.493 e. The van der Waals surface area contributed by atoms with Gasteiger partial charge in [-0.1, -0.05) is 38.2 Å². The molecule has 0 radical (unpaired) electrons. The van der Waals surface area contributed by atoms with Crippen LogP contribution in [0.15, 0.2) is 24.3 Å². The molecule has 0 aliphatic rings. The lowest BCUT2D eigenvalue weighted by Gasteiger charge is -2.25. The lowest BCUT2D eigenvalue weighted by molar-refractivity contribution is 0.205. The minimum Gasteiger partial charge on any atom is -0.493 e. The van der Waals surface area contributed by atoms with E-state index in [-0.39, 0.29) is 0 Å². The van der Waals surface area contributed by atoms with Gasteiger partial charge >= 0.3 is 0 Å². The average Bonchev–Trinajstić information content (AvgIpc) is 2.45. The molecule has 0 aliphatic heterocycles. The fraction of sp³-hybridized carbons (Fsp3) is 0.562. The first-order valence-electron chi connectivity index (χ1n) is 7.32. The Hall–Kier alpha value is -1.13. The van der Waals surface area contributed by atoms with Gasteiger partial charge in [-0.2, -0.15) is 0 Å². The first-order chi connectivity index (χ1) is 9.60. The Morgan fingerprint density at radius 3 is 2.55 bits per heavy atom. The molecule has 0 heterocycles. The summed E-state index contributed by atoms with van der Waals surface area (Å²) in [6, 6.07) is 8.34. The Morgan fingerprint density at radius 2 is 1.95 bits per heavy atom. The molecule has 0 aromatic heterocycles. The number of nitrogens with two attached hydrogens (primary N) is 1. The Kier molecular flexibility index (Phi) is 7.55. The maximum absolute atomic E-state index is 5.80. The van der Waals surface area contributed by atoms with E-state index in [1.54, 1.807) is 0 Å². The molecule has 1 aromatic carbocycles. The quantitative estimate of drug-likeness (QED) is 0.561. The van der Waals surface area contributed by atoms with Crippen LogP contribution in [0.4, 0.5) is 0 Å². The molecule has 2 N–H and O–H groups in total. The van der Waals surface area contributed by atoms with Gasteiger partial charge in [0.2, 0.25) is 0 Å². The average molecular weight is 294 g/mol. The standard InChI is InChI=1S/C16H26N2OS/c1-4-13(5-2)18(3)11-8-12-19-15-10-7-6-9-14(15)16(17)20/h6-7,9-10,13H,4-5,8,11-12H2,1-3H3,(H2,17,20). The number of nitrogens with zero attached hydrogens (tertiary/aromatic N) is 1. The zero-order valence-electron chi connectivity index (χ0n) is 12.8. The predicted octanol–water partition coefficient (Wildman–Crippen LogP) is 3.21. The van der Waals surface area contributed by atoms with Crippen LogP contribution in [0.5, 0.6) is 5.75 Å². The third-order valence-corrected chi connectivity index (χ3v) is 3.85. The topological polar surface area (TPSA) is 38.5 Å². The second kappa shape index (κ2) is 8.93. The van der Waals surface area contributed by atoms with Gasteiger partial charge in [0, 0.05) is 12.6 Å². The van der Waals surface area contributed by atoms with E-state index < -0.39 is 0 Å². The summed E-state index contributed by atoms with van der Waals surface area (Å²) in [6.45, 7) is 6.20. The first kappa shape index (κ1) is 16.9. The number of hydrogen-bond donors (Lipinski definition) is 1. The van der Waals surface area contributed by atoms with Crippen LogP contribution in [-0.2, 0) is 0 Å². The fourth-order valence-electron chi connectivity index (χ4n) is 2.39. The van der Waals surface area contributed by atoms with Gasteiger partial charge < -0.3 is 15.4 Å². The third kappa shape index (κ3) is 5.10. The van der Waals surface area contributed by atoms with Gasteiger partial charge in [0.15, 0.2) is 0 Å². The van der Waals surface area contributed by atoms with E-state index in [1.807, 2.05) is 24.3 Å². The van der Waals surface area contributed by atoms with Crippen molar-refractivity contribution >= 4 is 17.2 Å². The monoisotopic (exact) mass is 294 g/mol. The van der Waals surface area contributed by atoms with E-state index in [1.165, 1.54) is 12.8 Å². The Bertz CT molecular complexity index is 419. The second-order valence-corrected chi connectivity index (χ2v) is 5.45. The van der Waals surface area contributed by atoms with Gasteiger partial charge in [0.25, 0.3) is 0 Å². The molecule has 0 unspecified atom stereocenters. The minimum atomic E-state index is 0.384. The highest BCUT2D eigenvalue weighted by Crippen LogP contribution is 2.18. The molecule has 4 heteroatoms. The van der Waals surface area contributed by atoms with Crippen LogP contribution in [0.3, 0.4) is 0 Å². The molecule has 0 spiro atoms. The normalized spacial score (nSPS) is 11.1. The SMILES string of the molecule is CCC(CC)N(C)CCCOc1ccccc1C(N)=S. The lowest BCUT2D eigenvalue weighted by atomic mass is 10.1. The van der Waals surface area contributed by atoms with Crippen molar-refractivity contribution in [2.24, 2.45) is 5.73 Å². The second-order valence-electron chi connectivity index (χ2n) is 5.01. The Balaban J connectivity index is 2.40. The minimum absolute atomic E-state index is 0.384. The van der Waals surface area contributed by atoms with Crippen LogP contribution >= 0.6 is 12.2 Å². The summed E-state index contributed by atoms with van der Waals surface area (Å²) in [5, 5.41) is 0. The summed E-state index contributed by atoms with van der Waals surface area (Å²) < 4.78 is 5.80. The van der Waals surface area contributed by atoms with Gasteiger partial charge in [0.1, 0.15) is 10.7 Å². The fourth-order valence-corrected chi connectivity index (χ4v) is 2.56. The van der Waals surface area contributed by atoms with E-state index in [2.05, 4.69) is 25.8 Å². The summed E-state index contributed by atoms with van der Waals surface area (Å²) in [4.78, 5) is 2.79. The van der Waals surface area contributed by atoms with Crippen LogP contribution in [0, 0.1) is 0 Å². The molecule has 1 rings (SSSR count). The molecule has 3 nitrogen and oxygen atoms in total. The molecule has 0 saturated carbocycles. The van der Waals surface area contributed by atoms with Crippen LogP contribution < -0.4 is 10.5 Å². The molecule has 0 bridgehead atoms. The molecule has 112 valence electrons. The van der Waals surface area contributed by atoms with Gasteiger partial charge in [0.05, 0.1) is 12.2 Å². The van der Waals surface area contributed by atoms with E-state index in [0.717, 1.165) is 24.3 Å². The molecule has 0 saturated heterocycles. The van der Waals surface area contributed by atoms with Crippen molar-refractivity contribution in [1.29, 1.82) is 0 Å². The number of benzene rings is 1. The summed E-state index contributed by atoms with van der Waals surface area (Å²) in [7, 11) is 2.18. The number of rotatable bonds is 9. The molecule has 0 aliphatic carbocycles. The number of para-hydroxylation sites is 1. The van der Waals surface area contributed by atoms with E-state index in [9.17, 15) is 0 Å². The summed E-state index contributed by atoms with van der Waals surface area (Å²) >= 11 is 5.03. The van der Waals surface area contributed by atoms with E-state index >= 15 is 0 Å². The molecule has 0 amide bonds. The first-order valence-corrected chi connectivity index (χ1v) is 7.72. The molecular formula is C16H26N2OS. The van der Waals surface area contributed by atoms with Gasteiger partial charge in [-0.3, -0.25) is 0 Å². The number of thiocarbonyl (C=S) groups is 1. The van der Waals surface area contributed by atoms with E-state index in [0.29, 0.717) is 17.6 Å². The highest BCUT2D eigenvalue weighted by Gasteiger charge is 2.10. The maximum atomic E-state index is 5.80. The molecule has 1 aromatic rings. The van der Waals surface area contributed by atoms with Crippen LogP contribution in [-0.4, -0.2) is 36.1 Å². The van der Waals surface area contributed by atoms with Crippen molar-refractivity contribution in [3.8, 4) is 5.75 Å². The summed E-state index contributed by atoms with van der Waals surface area (Å²) in [5.41, 5.74) is 6.50. The zero-order valence-corrected chi connectivity index (χ0v) is 13.6. The number of hydrogen-bond acceptors (Lipinski definition) is 3. The van der Waals surface area contributed by atoms with Crippen molar-refractivity contribution in [1.82, 2.24) is 4.90 Å². The summed E-state index contributed by atoms with van der Waals surface area (Å²) in [6.07, 6.45) is 3.38. The van der Waals surface area contributed by atoms with Gasteiger partial charge in [-0.25, -0.2) is 0 Å². The zero-order chi connectivity index (χ0) is 15.0. The smallest absolute Gasteiger partial charge is 0.129 e. The van der Waals surface area contributed by atoms with E-state index in [4.69, 9.17) is 22.7 Å². The molecule has 0 fully saturated rings.